The van der Waals surface area contributed by atoms with Crippen LogP contribution < -0.4 is 0 Å². The van der Waals surface area contributed by atoms with E-state index in [4.69, 9.17) is 19.3 Å². The molecule has 0 aromatic carbocycles. The van der Waals surface area contributed by atoms with Crippen LogP contribution in [0.2, 0.25) is 0 Å². The Morgan fingerprint density at radius 1 is 1.05 bits per heavy atom. The molecule has 0 rings (SSSR count). The molecule has 0 saturated carbocycles. The lowest BCUT2D eigenvalue weighted by Crippen LogP contribution is -2.27. The second kappa shape index (κ2) is 12.6. The number of carbonyl (C=O) groups excluding carboxylic acids is 2. The van der Waals surface area contributed by atoms with Crippen LogP contribution in [0.3, 0.4) is 0 Å². The summed E-state index contributed by atoms with van der Waals surface area (Å²) in [6, 6.07) is 0. The smallest absolute Gasteiger partial charge is 0.347 e. The van der Waals surface area contributed by atoms with Gasteiger partial charge in [0.15, 0.2) is 6.10 Å². The van der Waals surface area contributed by atoms with Crippen molar-refractivity contribution in [2.75, 3.05) is 26.4 Å². The maximum Gasteiger partial charge on any atom is 0.347 e. The van der Waals surface area contributed by atoms with Crippen molar-refractivity contribution in [3.8, 4) is 0 Å². The number of unbranched alkanes of at least 4 members (excludes halogenated alkanes) is 2. The lowest BCUT2D eigenvalue weighted by Gasteiger charge is -2.13. The zero-order chi connectivity index (χ0) is 16.1. The van der Waals surface area contributed by atoms with Crippen molar-refractivity contribution in [3.05, 3.63) is 0 Å². The van der Waals surface area contributed by atoms with Crippen LogP contribution in [0.5, 0.6) is 0 Å². The maximum atomic E-state index is 11.6. The van der Waals surface area contributed by atoms with E-state index in [0.29, 0.717) is 32.0 Å². The molecule has 0 saturated heterocycles. The highest BCUT2D eigenvalue weighted by Crippen LogP contribution is 2.04. The lowest BCUT2D eigenvalue weighted by atomic mass is 10.2. The normalized spacial score (nSPS) is 12.2. The molecule has 0 aliphatic heterocycles. The van der Waals surface area contributed by atoms with Gasteiger partial charge < -0.3 is 19.3 Å². The van der Waals surface area contributed by atoms with Crippen molar-refractivity contribution in [3.63, 3.8) is 0 Å². The molecule has 0 aromatic rings. The first-order valence-electron chi connectivity index (χ1n) is 7.52. The molecule has 0 bridgehead atoms. The van der Waals surface area contributed by atoms with E-state index in [-0.39, 0.29) is 19.6 Å². The highest BCUT2D eigenvalue weighted by Gasteiger charge is 2.18. The van der Waals surface area contributed by atoms with Crippen molar-refractivity contribution < 1.29 is 28.9 Å². The van der Waals surface area contributed by atoms with Gasteiger partial charge in [0, 0.05) is 19.6 Å². The van der Waals surface area contributed by atoms with Crippen LogP contribution >= 0.6 is 0 Å². The van der Waals surface area contributed by atoms with Crippen LogP contribution in [0.15, 0.2) is 0 Å². The van der Waals surface area contributed by atoms with Gasteiger partial charge in [-0.1, -0.05) is 20.3 Å². The molecule has 1 unspecified atom stereocenters. The summed E-state index contributed by atoms with van der Waals surface area (Å²) < 4.78 is 15.2. The molecule has 0 fully saturated rings. The predicted octanol–water partition coefficient (Wildman–Crippen LogP) is 1.69. The van der Waals surface area contributed by atoms with Gasteiger partial charge in [-0.25, -0.2) is 4.79 Å². The maximum absolute atomic E-state index is 11.6. The van der Waals surface area contributed by atoms with Crippen LogP contribution in [0.4, 0.5) is 0 Å². The van der Waals surface area contributed by atoms with Crippen LogP contribution in [0.1, 0.15) is 46.5 Å². The molecular weight excluding hydrogens is 276 g/mol. The molecule has 0 amide bonds. The molecule has 0 aromatic heterocycles. The zero-order valence-corrected chi connectivity index (χ0v) is 13.3. The Bertz CT molecular complexity index is 290. The highest BCUT2D eigenvalue weighted by molar-refractivity contribution is 5.78. The SMILES string of the molecule is CC(C)COCCOC(=O)C(C)OC(=O)CCCCCO. The number of aliphatic hydroxyl groups is 1. The third-order valence-electron chi connectivity index (χ3n) is 2.60. The van der Waals surface area contributed by atoms with Crippen LogP contribution in [0, 0.1) is 5.92 Å². The van der Waals surface area contributed by atoms with E-state index in [1.54, 1.807) is 0 Å². The Labute approximate surface area is 126 Å². The average molecular weight is 304 g/mol. The second-order valence-corrected chi connectivity index (χ2v) is 5.30. The standard InChI is InChI=1S/C15H28O6/c1-12(2)11-19-9-10-20-15(18)13(3)21-14(17)7-5-4-6-8-16/h12-13,16H,4-11H2,1-3H3. The molecule has 0 aliphatic carbocycles. The van der Waals surface area contributed by atoms with E-state index >= 15 is 0 Å². The van der Waals surface area contributed by atoms with Crippen LogP contribution in [-0.4, -0.2) is 49.6 Å². The van der Waals surface area contributed by atoms with Gasteiger partial charge in [0.25, 0.3) is 0 Å². The molecule has 124 valence electrons. The Kier molecular flexibility index (Phi) is 11.9. The number of ether oxygens (including phenoxy) is 3. The van der Waals surface area contributed by atoms with Gasteiger partial charge in [-0.15, -0.1) is 0 Å². The summed E-state index contributed by atoms with van der Waals surface area (Å²) in [4.78, 5) is 23.0. The molecule has 21 heavy (non-hydrogen) atoms. The molecule has 1 N–H and O–H groups in total. The zero-order valence-electron chi connectivity index (χ0n) is 13.3. The van der Waals surface area contributed by atoms with E-state index in [9.17, 15) is 9.59 Å². The summed E-state index contributed by atoms with van der Waals surface area (Å²) in [7, 11) is 0. The van der Waals surface area contributed by atoms with E-state index in [1.165, 1.54) is 6.92 Å². The number of rotatable bonds is 12. The van der Waals surface area contributed by atoms with Gasteiger partial charge in [-0.2, -0.15) is 0 Å². The number of hydrogen-bond acceptors (Lipinski definition) is 6. The monoisotopic (exact) mass is 304 g/mol. The van der Waals surface area contributed by atoms with Gasteiger partial charge in [0.05, 0.1) is 6.61 Å². The second-order valence-electron chi connectivity index (χ2n) is 5.30. The summed E-state index contributed by atoms with van der Waals surface area (Å²) in [6.07, 6.45) is 1.42. The van der Waals surface area contributed by atoms with E-state index in [0.717, 1.165) is 6.42 Å². The first-order chi connectivity index (χ1) is 9.97. The van der Waals surface area contributed by atoms with Gasteiger partial charge >= 0.3 is 11.9 Å². The first kappa shape index (κ1) is 19.9. The number of carbonyl (C=O) groups is 2. The van der Waals surface area contributed by atoms with Gasteiger partial charge in [0.2, 0.25) is 0 Å². The fraction of sp³-hybridized carbons (Fsp3) is 0.867. The summed E-state index contributed by atoms with van der Waals surface area (Å²) in [5.41, 5.74) is 0. The number of aliphatic hydroxyl groups excluding tert-OH is 1. The quantitative estimate of drug-likeness (QED) is 0.436. The Morgan fingerprint density at radius 3 is 2.38 bits per heavy atom. The molecule has 0 radical (unpaired) electrons. The molecule has 6 heteroatoms. The molecule has 0 spiro atoms. The third-order valence-corrected chi connectivity index (χ3v) is 2.60. The Balaban J connectivity index is 3.66. The Hall–Kier alpha value is -1.14. The lowest BCUT2D eigenvalue weighted by molar-refractivity contribution is -0.167. The van der Waals surface area contributed by atoms with Crippen molar-refractivity contribution in [2.45, 2.75) is 52.6 Å². The van der Waals surface area contributed by atoms with Gasteiger partial charge in [0.1, 0.15) is 6.61 Å². The van der Waals surface area contributed by atoms with Gasteiger partial charge in [-0.3, -0.25) is 4.79 Å². The summed E-state index contributed by atoms with van der Waals surface area (Å²) >= 11 is 0. The first-order valence-corrected chi connectivity index (χ1v) is 7.52. The minimum absolute atomic E-state index is 0.122. The topological polar surface area (TPSA) is 82.1 Å². The third kappa shape index (κ3) is 12.3. The van der Waals surface area contributed by atoms with Crippen molar-refractivity contribution in [1.29, 1.82) is 0 Å². The summed E-state index contributed by atoms with van der Waals surface area (Å²) in [5.74, 6) is -0.549. The number of hydrogen-bond donors (Lipinski definition) is 1. The summed E-state index contributed by atoms with van der Waals surface area (Å²) in [6.45, 7) is 6.80. The average Bonchev–Trinajstić information content (AvgIpc) is 2.42. The fourth-order valence-electron chi connectivity index (χ4n) is 1.50. The molecular formula is C15H28O6. The summed E-state index contributed by atoms with van der Waals surface area (Å²) in [5, 5.41) is 8.61. The molecule has 0 heterocycles. The van der Waals surface area contributed by atoms with E-state index in [1.807, 2.05) is 13.8 Å². The predicted molar refractivity (Wildman–Crippen MR) is 77.7 cm³/mol. The van der Waals surface area contributed by atoms with Gasteiger partial charge in [-0.05, 0) is 25.7 Å². The van der Waals surface area contributed by atoms with Crippen LogP contribution in [-0.2, 0) is 23.8 Å². The van der Waals surface area contributed by atoms with Crippen molar-refractivity contribution in [2.24, 2.45) is 5.92 Å². The fourth-order valence-corrected chi connectivity index (χ4v) is 1.50. The molecule has 6 nitrogen and oxygen atoms in total. The minimum Gasteiger partial charge on any atom is -0.461 e. The Morgan fingerprint density at radius 2 is 1.76 bits per heavy atom. The van der Waals surface area contributed by atoms with Crippen LogP contribution in [0.25, 0.3) is 0 Å². The number of esters is 2. The highest BCUT2D eigenvalue weighted by atomic mass is 16.6. The largest absolute Gasteiger partial charge is 0.461 e. The van der Waals surface area contributed by atoms with E-state index in [2.05, 4.69) is 0 Å². The minimum atomic E-state index is -0.902. The molecule has 0 aliphatic rings. The molecule has 1 atom stereocenters. The van der Waals surface area contributed by atoms with Crippen molar-refractivity contribution in [1.82, 2.24) is 0 Å². The van der Waals surface area contributed by atoms with Crippen molar-refractivity contribution >= 4 is 11.9 Å². The van der Waals surface area contributed by atoms with E-state index < -0.39 is 18.0 Å².